The zero-order valence-corrected chi connectivity index (χ0v) is 7.98. The molecule has 1 aromatic carbocycles. The van der Waals surface area contributed by atoms with Gasteiger partial charge in [-0.05, 0) is 12.1 Å². The van der Waals surface area contributed by atoms with E-state index in [-0.39, 0.29) is 23.1 Å². The van der Waals surface area contributed by atoms with Gasteiger partial charge in [0, 0.05) is 12.6 Å². The summed E-state index contributed by atoms with van der Waals surface area (Å²) in [6, 6.07) is 2.82. The molecule has 0 heterocycles. The number of benzene rings is 1. The number of rotatable bonds is 2. The number of phenolic OH excluding ortho intramolecular Hbond substituents is 2. The third kappa shape index (κ3) is 1.71. The van der Waals surface area contributed by atoms with Gasteiger partial charge in [0.1, 0.15) is 5.84 Å². The van der Waals surface area contributed by atoms with Crippen LogP contribution in [0.3, 0.4) is 0 Å². The molecule has 0 amide bonds. The Bertz CT molecular complexity index is 375. The molecule has 0 unspecified atom stereocenters. The number of nitrogens with two attached hydrogens (primary N) is 1. The molecule has 14 heavy (non-hydrogen) atoms. The van der Waals surface area contributed by atoms with Crippen molar-refractivity contribution < 1.29 is 14.9 Å². The van der Waals surface area contributed by atoms with Crippen LogP contribution in [-0.4, -0.2) is 30.2 Å². The lowest BCUT2D eigenvalue weighted by molar-refractivity contribution is 0.351. The normalized spacial score (nSPS) is 11.4. The summed E-state index contributed by atoms with van der Waals surface area (Å²) in [7, 11) is 2.92. The number of nitrogens with zero attached hydrogens (tertiary/aromatic N) is 1. The van der Waals surface area contributed by atoms with E-state index in [2.05, 4.69) is 4.99 Å². The Balaban J connectivity index is 3.30. The van der Waals surface area contributed by atoms with Crippen molar-refractivity contribution in [3.8, 4) is 17.2 Å². The molecule has 0 saturated carbocycles. The second-order valence-corrected chi connectivity index (χ2v) is 2.66. The van der Waals surface area contributed by atoms with E-state index < -0.39 is 0 Å². The lowest BCUT2D eigenvalue weighted by Crippen LogP contribution is -2.12. The first-order chi connectivity index (χ1) is 6.60. The van der Waals surface area contributed by atoms with E-state index in [0.717, 1.165) is 0 Å². The average Bonchev–Trinajstić information content (AvgIpc) is 2.20. The molecule has 5 heteroatoms. The summed E-state index contributed by atoms with van der Waals surface area (Å²) in [5.74, 6) is -0.170. The Hall–Kier alpha value is -1.91. The summed E-state index contributed by atoms with van der Waals surface area (Å²) in [5.41, 5.74) is 6.04. The largest absolute Gasteiger partial charge is 0.504 e. The zero-order chi connectivity index (χ0) is 10.7. The van der Waals surface area contributed by atoms with Crippen LogP contribution in [0.15, 0.2) is 17.1 Å². The summed E-state index contributed by atoms with van der Waals surface area (Å²) in [5, 5.41) is 18.6. The van der Waals surface area contributed by atoms with Crippen LogP contribution < -0.4 is 10.5 Å². The number of aromatic hydroxyl groups is 2. The number of hydrogen-bond donors (Lipinski definition) is 3. The minimum absolute atomic E-state index is 0.159. The van der Waals surface area contributed by atoms with Crippen LogP contribution in [-0.2, 0) is 0 Å². The topological polar surface area (TPSA) is 88.1 Å². The zero-order valence-electron chi connectivity index (χ0n) is 7.98. The fraction of sp³-hybridized carbons (Fsp3) is 0.222. The summed E-state index contributed by atoms with van der Waals surface area (Å²) in [6.07, 6.45) is 0. The molecule has 0 radical (unpaired) electrons. The van der Waals surface area contributed by atoms with Crippen LogP contribution in [0, 0.1) is 0 Å². The number of aliphatic imine (C=N–C) groups is 1. The van der Waals surface area contributed by atoms with Gasteiger partial charge in [0.15, 0.2) is 11.5 Å². The Morgan fingerprint density at radius 2 is 2.07 bits per heavy atom. The first-order valence-electron chi connectivity index (χ1n) is 3.92. The maximum Gasteiger partial charge on any atom is 0.200 e. The smallest absolute Gasteiger partial charge is 0.200 e. The number of phenols is 2. The molecule has 1 aromatic rings. The van der Waals surface area contributed by atoms with Crippen molar-refractivity contribution in [2.75, 3.05) is 14.2 Å². The van der Waals surface area contributed by atoms with Gasteiger partial charge in [0.05, 0.1) is 7.11 Å². The fourth-order valence-corrected chi connectivity index (χ4v) is 1.03. The van der Waals surface area contributed by atoms with Crippen molar-refractivity contribution in [3.63, 3.8) is 0 Å². The van der Waals surface area contributed by atoms with Crippen molar-refractivity contribution in [3.05, 3.63) is 17.7 Å². The molecule has 0 saturated heterocycles. The predicted octanol–water partition coefficient (Wildman–Crippen LogP) is 0.441. The van der Waals surface area contributed by atoms with Gasteiger partial charge in [0.25, 0.3) is 0 Å². The SMILES string of the molecule is CN=C(N)c1cc(O)c(O)c(OC)c1. The highest BCUT2D eigenvalue weighted by molar-refractivity contribution is 5.98. The molecular formula is C9H12N2O3. The van der Waals surface area contributed by atoms with Gasteiger partial charge in [0.2, 0.25) is 5.75 Å². The number of methoxy groups -OCH3 is 1. The summed E-state index contributed by atoms with van der Waals surface area (Å²) in [6.45, 7) is 0. The number of amidine groups is 1. The first-order valence-corrected chi connectivity index (χ1v) is 3.92. The van der Waals surface area contributed by atoms with Gasteiger partial charge in [-0.2, -0.15) is 0 Å². The van der Waals surface area contributed by atoms with Gasteiger partial charge in [-0.1, -0.05) is 0 Å². The third-order valence-corrected chi connectivity index (χ3v) is 1.81. The molecule has 0 aliphatic rings. The maximum absolute atomic E-state index is 9.32. The van der Waals surface area contributed by atoms with Crippen LogP contribution in [0.5, 0.6) is 17.2 Å². The maximum atomic E-state index is 9.32. The second-order valence-electron chi connectivity index (χ2n) is 2.66. The van der Waals surface area contributed by atoms with E-state index in [1.165, 1.54) is 26.3 Å². The van der Waals surface area contributed by atoms with Crippen LogP contribution in [0.25, 0.3) is 0 Å². The van der Waals surface area contributed by atoms with Crippen molar-refractivity contribution in [1.82, 2.24) is 0 Å². The van der Waals surface area contributed by atoms with Crippen LogP contribution in [0.2, 0.25) is 0 Å². The molecule has 0 bridgehead atoms. The molecule has 0 spiro atoms. The van der Waals surface area contributed by atoms with Gasteiger partial charge in [-0.25, -0.2) is 0 Å². The molecular weight excluding hydrogens is 184 g/mol. The van der Waals surface area contributed by atoms with Crippen molar-refractivity contribution in [2.45, 2.75) is 0 Å². The highest BCUT2D eigenvalue weighted by atomic mass is 16.5. The quantitative estimate of drug-likeness (QED) is 0.364. The summed E-state index contributed by atoms with van der Waals surface area (Å²) in [4.78, 5) is 3.75. The minimum Gasteiger partial charge on any atom is -0.504 e. The van der Waals surface area contributed by atoms with Gasteiger partial charge >= 0.3 is 0 Å². The molecule has 1 rings (SSSR count). The third-order valence-electron chi connectivity index (χ3n) is 1.81. The lowest BCUT2D eigenvalue weighted by atomic mass is 10.1. The summed E-state index contributed by atoms with van der Waals surface area (Å²) < 4.78 is 4.84. The van der Waals surface area contributed by atoms with E-state index >= 15 is 0 Å². The Labute approximate surface area is 81.5 Å². The lowest BCUT2D eigenvalue weighted by Gasteiger charge is -2.07. The fourth-order valence-electron chi connectivity index (χ4n) is 1.03. The molecule has 0 fully saturated rings. The second kappa shape index (κ2) is 3.87. The van der Waals surface area contributed by atoms with Gasteiger partial charge < -0.3 is 20.7 Å². The van der Waals surface area contributed by atoms with Crippen molar-refractivity contribution in [1.29, 1.82) is 0 Å². The van der Waals surface area contributed by atoms with Crippen molar-refractivity contribution >= 4 is 5.84 Å². The number of ether oxygens (including phenoxy) is 1. The predicted molar refractivity (Wildman–Crippen MR) is 53.0 cm³/mol. The van der Waals surface area contributed by atoms with E-state index in [1.54, 1.807) is 0 Å². The molecule has 0 atom stereocenters. The van der Waals surface area contributed by atoms with Crippen LogP contribution >= 0.6 is 0 Å². The average molecular weight is 196 g/mol. The molecule has 4 N–H and O–H groups in total. The molecule has 0 aromatic heterocycles. The first kappa shape index (κ1) is 10.2. The Morgan fingerprint density at radius 1 is 1.43 bits per heavy atom. The van der Waals surface area contributed by atoms with Crippen molar-refractivity contribution in [2.24, 2.45) is 10.7 Å². The molecule has 76 valence electrons. The molecule has 5 nitrogen and oxygen atoms in total. The van der Waals surface area contributed by atoms with Crippen LogP contribution in [0.4, 0.5) is 0 Å². The highest BCUT2D eigenvalue weighted by Crippen LogP contribution is 2.36. The highest BCUT2D eigenvalue weighted by Gasteiger charge is 2.10. The Morgan fingerprint density at radius 3 is 2.57 bits per heavy atom. The van der Waals surface area contributed by atoms with Crippen LogP contribution in [0.1, 0.15) is 5.56 Å². The van der Waals surface area contributed by atoms with E-state index in [9.17, 15) is 10.2 Å². The standard InChI is InChI=1S/C9H12N2O3/c1-11-9(10)5-3-6(12)8(13)7(4-5)14-2/h3-4,12-13H,1-2H3,(H2,10,11). The minimum atomic E-state index is -0.305. The van der Waals surface area contributed by atoms with E-state index in [0.29, 0.717) is 5.56 Å². The number of hydrogen-bond acceptors (Lipinski definition) is 4. The molecule has 0 aliphatic carbocycles. The van der Waals surface area contributed by atoms with E-state index in [1.807, 2.05) is 0 Å². The summed E-state index contributed by atoms with van der Waals surface area (Å²) >= 11 is 0. The van der Waals surface area contributed by atoms with E-state index in [4.69, 9.17) is 10.5 Å². The van der Waals surface area contributed by atoms with Gasteiger partial charge in [-0.3, -0.25) is 4.99 Å². The Kier molecular flexibility index (Phi) is 2.81. The monoisotopic (exact) mass is 196 g/mol. The molecule has 0 aliphatic heterocycles. The van der Waals surface area contributed by atoms with Gasteiger partial charge in [-0.15, -0.1) is 0 Å².